The molecule has 92 valence electrons. The lowest BCUT2D eigenvalue weighted by Gasteiger charge is -2.27. The van der Waals surface area contributed by atoms with Crippen LogP contribution in [0.2, 0.25) is 0 Å². The molecule has 1 atom stereocenters. The molecule has 0 radical (unpaired) electrons. The van der Waals surface area contributed by atoms with Gasteiger partial charge in [-0.25, -0.2) is 0 Å². The van der Waals surface area contributed by atoms with Gasteiger partial charge in [-0.2, -0.15) is 0 Å². The molecule has 1 aromatic rings. The average Bonchev–Trinajstić information content (AvgIpc) is 2.46. The van der Waals surface area contributed by atoms with Crippen molar-refractivity contribution in [3.63, 3.8) is 0 Å². The van der Waals surface area contributed by atoms with Gasteiger partial charge in [0.1, 0.15) is 5.76 Å². The zero-order chi connectivity index (χ0) is 12.6. The van der Waals surface area contributed by atoms with Crippen molar-refractivity contribution < 1.29 is 9.52 Å². The Morgan fingerprint density at radius 1 is 1.19 bits per heavy atom. The van der Waals surface area contributed by atoms with Gasteiger partial charge < -0.3 is 9.52 Å². The molecule has 0 saturated carbocycles. The first-order valence-corrected chi connectivity index (χ1v) is 5.85. The molecule has 0 aliphatic carbocycles. The minimum absolute atomic E-state index is 0.156. The summed E-state index contributed by atoms with van der Waals surface area (Å²) in [6.45, 7) is 12.6. The van der Waals surface area contributed by atoms with E-state index >= 15 is 0 Å². The van der Waals surface area contributed by atoms with Crippen LogP contribution in [0.4, 0.5) is 0 Å². The van der Waals surface area contributed by atoms with E-state index in [0.29, 0.717) is 0 Å². The molecule has 1 N–H and O–H groups in total. The van der Waals surface area contributed by atoms with Crippen molar-refractivity contribution >= 4 is 0 Å². The van der Waals surface area contributed by atoms with Crippen LogP contribution in [0.25, 0.3) is 0 Å². The van der Waals surface area contributed by atoms with Crippen LogP contribution in [0.15, 0.2) is 16.7 Å². The van der Waals surface area contributed by atoms with Gasteiger partial charge in [-0.3, -0.25) is 0 Å². The van der Waals surface area contributed by atoms with Gasteiger partial charge >= 0.3 is 0 Å². The second kappa shape index (κ2) is 4.25. The predicted molar refractivity (Wildman–Crippen MR) is 66.3 cm³/mol. The maximum Gasteiger partial charge on any atom is 0.110 e. The van der Waals surface area contributed by atoms with E-state index in [0.717, 1.165) is 17.7 Å². The Labute approximate surface area is 98.7 Å². The van der Waals surface area contributed by atoms with Gasteiger partial charge in [0.25, 0.3) is 0 Å². The van der Waals surface area contributed by atoms with Gasteiger partial charge in [0.15, 0.2) is 0 Å². The van der Waals surface area contributed by atoms with Crippen molar-refractivity contribution in [2.24, 2.45) is 10.8 Å². The van der Waals surface area contributed by atoms with E-state index in [-0.39, 0.29) is 10.8 Å². The maximum atomic E-state index is 10.3. The zero-order valence-corrected chi connectivity index (χ0v) is 11.3. The highest BCUT2D eigenvalue weighted by atomic mass is 16.3. The summed E-state index contributed by atoms with van der Waals surface area (Å²) < 4.78 is 5.50. The summed E-state index contributed by atoms with van der Waals surface area (Å²) in [6.07, 6.45) is 2.05. The molecule has 0 saturated heterocycles. The smallest absolute Gasteiger partial charge is 0.110 e. The minimum atomic E-state index is -0.469. The van der Waals surface area contributed by atoms with Crippen LogP contribution in [0, 0.1) is 10.8 Å². The lowest BCUT2D eigenvalue weighted by Crippen LogP contribution is -2.19. The molecular weight excluding hydrogens is 200 g/mol. The monoisotopic (exact) mass is 224 g/mol. The first-order valence-electron chi connectivity index (χ1n) is 5.85. The largest absolute Gasteiger partial charge is 0.469 e. The predicted octanol–water partition coefficient (Wildman–Crippen LogP) is 3.95. The standard InChI is InChI=1S/C14H24O2/c1-13(2,3)9-11-10(7-8-16-11)12(15)14(4,5)6/h7-8,12,15H,9H2,1-6H3. The quantitative estimate of drug-likeness (QED) is 0.825. The van der Waals surface area contributed by atoms with Crippen molar-refractivity contribution in [3.05, 3.63) is 23.7 Å². The fourth-order valence-electron chi connectivity index (χ4n) is 1.69. The van der Waals surface area contributed by atoms with Crippen molar-refractivity contribution in [3.8, 4) is 0 Å². The molecule has 2 nitrogen and oxygen atoms in total. The van der Waals surface area contributed by atoms with Crippen LogP contribution < -0.4 is 0 Å². The highest BCUT2D eigenvalue weighted by molar-refractivity contribution is 5.22. The van der Waals surface area contributed by atoms with Gasteiger partial charge in [0.2, 0.25) is 0 Å². The van der Waals surface area contributed by atoms with Crippen LogP contribution in [0.1, 0.15) is 59.0 Å². The molecule has 2 heteroatoms. The second-order valence-electron chi connectivity index (χ2n) is 6.81. The molecular formula is C14H24O2. The molecule has 0 amide bonds. The Kier molecular flexibility index (Phi) is 3.53. The highest BCUT2D eigenvalue weighted by Gasteiger charge is 2.28. The third-order valence-electron chi connectivity index (χ3n) is 2.59. The lowest BCUT2D eigenvalue weighted by atomic mass is 9.82. The van der Waals surface area contributed by atoms with E-state index in [9.17, 15) is 5.11 Å². The Morgan fingerprint density at radius 3 is 2.19 bits per heavy atom. The first kappa shape index (κ1) is 13.3. The first-order chi connectivity index (χ1) is 7.11. The van der Waals surface area contributed by atoms with Crippen molar-refractivity contribution in [2.45, 2.75) is 54.1 Å². The summed E-state index contributed by atoms with van der Waals surface area (Å²) in [5.41, 5.74) is 0.947. The molecule has 1 heterocycles. The van der Waals surface area contributed by atoms with Gasteiger partial charge in [0, 0.05) is 12.0 Å². The van der Waals surface area contributed by atoms with E-state index in [1.54, 1.807) is 6.26 Å². The molecule has 1 unspecified atom stereocenters. The Hall–Kier alpha value is -0.760. The fourth-order valence-corrected chi connectivity index (χ4v) is 1.69. The summed E-state index contributed by atoms with van der Waals surface area (Å²) in [4.78, 5) is 0. The normalized spacial score (nSPS) is 15.2. The number of rotatable bonds is 2. The summed E-state index contributed by atoms with van der Waals surface area (Å²) in [7, 11) is 0. The average molecular weight is 224 g/mol. The lowest BCUT2D eigenvalue weighted by molar-refractivity contribution is 0.0605. The van der Waals surface area contributed by atoms with Gasteiger partial charge in [0.05, 0.1) is 12.4 Å². The number of hydrogen-bond donors (Lipinski definition) is 1. The minimum Gasteiger partial charge on any atom is -0.469 e. The zero-order valence-electron chi connectivity index (χ0n) is 11.3. The molecule has 16 heavy (non-hydrogen) atoms. The molecule has 0 spiro atoms. The van der Waals surface area contributed by atoms with Crippen LogP contribution >= 0.6 is 0 Å². The van der Waals surface area contributed by atoms with Gasteiger partial charge in [-0.1, -0.05) is 41.5 Å². The number of aliphatic hydroxyl groups is 1. The summed E-state index contributed by atoms with van der Waals surface area (Å²) in [5.74, 6) is 0.912. The molecule has 0 aliphatic rings. The van der Waals surface area contributed by atoms with E-state index in [2.05, 4.69) is 20.8 Å². The van der Waals surface area contributed by atoms with E-state index in [4.69, 9.17) is 4.42 Å². The van der Waals surface area contributed by atoms with Crippen molar-refractivity contribution in [2.75, 3.05) is 0 Å². The third-order valence-corrected chi connectivity index (χ3v) is 2.59. The summed E-state index contributed by atoms with van der Waals surface area (Å²) >= 11 is 0. The molecule has 1 aromatic heterocycles. The number of furan rings is 1. The highest BCUT2D eigenvalue weighted by Crippen LogP contribution is 2.36. The van der Waals surface area contributed by atoms with Crippen LogP contribution in [0.3, 0.4) is 0 Å². The Balaban J connectivity index is 2.95. The van der Waals surface area contributed by atoms with Crippen LogP contribution in [-0.2, 0) is 6.42 Å². The second-order valence-corrected chi connectivity index (χ2v) is 6.81. The summed E-state index contributed by atoms with van der Waals surface area (Å²) in [5, 5.41) is 10.3. The van der Waals surface area contributed by atoms with E-state index in [1.165, 1.54) is 0 Å². The summed E-state index contributed by atoms with van der Waals surface area (Å²) in [6, 6.07) is 1.89. The molecule has 0 aromatic carbocycles. The van der Waals surface area contributed by atoms with E-state index < -0.39 is 6.10 Å². The third kappa shape index (κ3) is 3.38. The van der Waals surface area contributed by atoms with Crippen LogP contribution in [0.5, 0.6) is 0 Å². The molecule has 1 rings (SSSR count). The van der Waals surface area contributed by atoms with Gasteiger partial charge in [-0.05, 0) is 16.9 Å². The Morgan fingerprint density at radius 2 is 1.75 bits per heavy atom. The van der Waals surface area contributed by atoms with Gasteiger partial charge in [-0.15, -0.1) is 0 Å². The SMILES string of the molecule is CC(C)(C)Cc1occc1C(O)C(C)(C)C. The molecule has 0 bridgehead atoms. The fraction of sp³-hybridized carbons (Fsp3) is 0.714. The molecule has 0 aliphatic heterocycles. The molecule has 0 fully saturated rings. The van der Waals surface area contributed by atoms with Crippen molar-refractivity contribution in [1.29, 1.82) is 0 Å². The van der Waals surface area contributed by atoms with Crippen molar-refractivity contribution in [1.82, 2.24) is 0 Å². The number of hydrogen-bond acceptors (Lipinski definition) is 2. The van der Waals surface area contributed by atoms with Crippen LogP contribution in [-0.4, -0.2) is 5.11 Å². The maximum absolute atomic E-state index is 10.3. The topological polar surface area (TPSA) is 33.4 Å². The van der Waals surface area contributed by atoms with E-state index in [1.807, 2.05) is 26.8 Å². The number of aliphatic hydroxyl groups excluding tert-OH is 1. The Bertz CT molecular complexity index is 336.